The van der Waals surface area contributed by atoms with Crippen molar-refractivity contribution in [1.29, 1.82) is 0 Å². The molecule has 1 amide bonds. The molecule has 0 N–H and O–H groups in total. The quantitative estimate of drug-likeness (QED) is 0.693. The molecule has 1 aliphatic heterocycles. The molecule has 2 heterocycles. The van der Waals surface area contributed by atoms with E-state index in [2.05, 4.69) is 22.4 Å². The number of benzene rings is 1. The fraction of sp³-hybridized carbons (Fsp3) is 0.556. The van der Waals surface area contributed by atoms with Crippen LogP contribution >= 0.6 is 11.8 Å². The monoisotopic (exact) mass is 375 g/mol. The van der Waals surface area contributed by atoms with Crippen LogP contribution in [0.2, 0.25) is 0 Å². The van der Waals surface area contributed by atoms with Crippen molar-refractivity contribution >= 4 is 17.7 Å². The van der Waals surface area contributed by atoms with E-state index in [0.717, 1.165) is 37.1 Å². The molecule has 8 heteroatoms. The lowest BCUT2D eigenvalue weighted by Gasteiger charge is -2.35. The largest absolute Gasteiger partial charge is 0.497 e. The van der Waals surface area contributed by atoms with Gasteiger partial charge in [-0.3, -0.25) is 4.79 Å². The number of hydrogen-bond acceptors (Lipinski definition) is 6. The summed E-state index contributed by atoms with van der Waals surface area (Å²) in [6.45, 7) is 3.59. The van der Waals surface area contributed by atoms with Gasteiger partial charge in [-0.2, -0.15) is 0 Å². The summed E-state index contributed by atoms with van der Waals surface area (Å²) in [5.74, 6) is 1.37. The lowest BCUT2D eigenvalue weighted by molar-refractivity contribution is -0.132. The second kappa shape index (κ2) is 9.02. The summed E-state index contributed by atoms with van der Waals surface area (Å²) >= 11 is 1.41. The Labute approximate surface area is 158 Å². The Balaban J connectivity index is 1.58. The SMILES string of the molecule is CCC1CCCCN1C(=O)CSc1nnnn1Cc1ccc(OC)cc1. The number of rotatable bonds is 7. The highest BCUT2D eigenvalue weighted by Gasteiger charge is 2.25. The maximum Gasteiger partial charge on any atom is 0.233 e. The summed E-state index contributed by atoms with van der Waals surface area (Å²) in [6, 6.07) is 8.18. The van der Waals surface area contributed by atoms with Crippen molar-refractivity contribution in [2.24, 2.45) is 0 Å². The van der Waals surface area contributed by atoms with Gasteiger partial charge >= 0.3 is 0 Å². The average Bonchev–Trinajstić information content (AvgIpc) is 3.13. The standard InChI is InChI=1S/C18H25N5O2S/c1-3-15-6-4-5-11-22(15)17(24)13-26-18-19-20-21-23(18)12-14-7-9-16(25-2)10-8-14/h7-10,15H,3-6,11-13H2,1-2H3. The number of aromatic nitrogens is 4. The molecule has 3 rings (SSSR count). The van der Waals surface area contributed by atoms with E-state index in [0.29, 0.717) is 23.5 Å². The first-order valence-corrected chi connectivity index (χ1v) is 10.0. The first-order valence-electron chi connectivity index (χ1n) is 9.02. The summed E-state index contributed by atoms with van der Waals surface area (Å²) in [5, 5.41) is 12.6. The number of nitrogens with zero attached hydrogens (tertiary/aromatic N) is 5. The van der Waals surface area contributed by atoms with E-state index >= 15 is 0 Å². The maximum atomic E-state index is 12.6. The van der Waals surface area contributed by atoms with E-state index in [1.54, 1.807) is 11.8 Å². The molecule has 1 fully saturated rings. The number of hydrogen-bond donors (Lipinski definition) is 0. The summed E-state index contributed by atoms with van der Waals surface area (Å²) < 4.78 is 6.90. The molecule has 1 unspecified atom stereocenters. The van der Waals surface area contributed by atoms with E-state index in [9.17, 15) is 4.79 Å². The average molecular weight is 375 g/mol. The van der Waals surface area contributed by atoms with Gasteiger partial charge < -0.3 is 9.64 Å². The molecule has 0 radical (unpaired) electrons. The third-order valence-electron chi connectivity index (χ3n) is 4.73. The van der Waals surface area contributed by atoms with E-state index in [4.69, 9.17) is 4.74 Å². The van der Waals surface area contributed by atoms with Crippen LogP contribution in [0.3, 0.4) is 0 Å². The zero-order valence-electron chi connectivity index (χ0n) is 15.3. The number of likely N-dealkylation sites (tertiary alicyclic amines) is 1. The van der Waals surface area contributed by atoms with E-state index in [1.807, 2.05) is 29.2 Å². The first kappa shape index (κ1) is 18.7. The van der Waals surface area contributed by atoms with Crippen molar-refractivity contribution in [2.75, 3.05) is 19.4 Å². The van der Waals surface area contributed by atoms with Crippen LogP contribution in [-0.2, 0) is 11.3 Å². The van der Waals surface area contributed by atoms with Gasteiger partial charge in [0.05, 0.1) is 19.4 Å². The maximum absolute atomic E-state index is 12.6. The number of ether oxygens (including phenoxy) is 1. The minimum absolute atomic E-state index is 0.181. The summed E-state index contributed by atoms with van der Waals surface area (Å²) in [4.78, 5) is 14.7. The number of piperidine rings is 1. The molecular formula is C18H25N5O2S. The molecule has 1 saturated heterocycles. The van der Waals surface area contributed by atoms with Crippen molar-refractivity contribution in [3.8, 4) is 5.75 Å². The van der Waals surface area contributed by atoms with Crippen LogP contribution in [-0.4, -0.2) is 56.5 Å². The highest BCUT2D eigenvalue weighted by Crippen LogP contribution is 2.22. The zero-order chi connectivity index (χ0) is 18.4. The highest BCUT2D eigenvalue weighted by atomic mass is 32.2. The Morgan fingerprint density at radius 1 is 1.31 bits per heavy atom. The fourth-order valence-corrected chi connectivity index (χ4v) is 4.03. The van der Waals surface area contributed by atoms with Crippen LogP contribution in [0, 0.1) is 0 Å². The number of thioether (sulfide) groups is 1. The molecule has 2 aromatic rings. The predicted molar refractivity (Wildman–Crippen MR) is 100 cm³/mol. The van der Waals surface area contributed by atoms with Gasteiger partial charge in [0.15, 0.2) is 0 Å². The van der Waals surface area contributed by atoms with Crippen LogP contribution in [0.25, 0.3) is 0 Å². The van der Waals surface area contributed by atoms with Gasteiger partial charge in [-0.1, -0.05) is 30.8 Å². The van der Waals surface area contributed by atoms with Crippen LogP contribution in [0.5, 0.6) is 5.75 Å². The highest BCUT2D eigenvalue weighted by molar-refractivity contribution is 7.99. The smallest absolute Gasteiger partial charge is 0.233 e. The van der Waals surface area contributed by atoms with Crippen molar-refractivity contribution < 1.29 is 9.53 Å². The van der Waals surface area contributed by atoms with Crippen molar-refractivity contribution in [1.82, 2.24) is 25.1 Å². The fourth-order valence-electron chi connectivity index (χ4n) is 3.27. The minimum Gasteiger partial charge on any atom is -0.497 e. The van der Waals surface area contributed by atoms with Crippen molar-refractivity contribution in [3.63, 3.8) is 0 Å². The third-order valence-corrected chi connectivity index (χ3v) is 5.68. The van der Waals surface area contributed by atoms with Gasteiger partial charge in [0.1, 0.15) is 5.75 Å². The second-order valence-corrected chi connectivity index (χ2v) is 7.34. The molecule has 0 saturated carbocycles. The Morgan fingerprint density at radius 3 is 2.85 bits per heavy atom. The normalized spacial score (nSPS) is 17.3. The molecule has 0 aliphatic carbocycles. The summed E-state index contributed by atoms with van der Waals surface area (Å²) in [5.41, 5.74) is 1.08. The number of methoxy groups -OCH3 is 1. The van der Waals surface area contributed by atoms with Crippen molar-refractivity contribution in [2.45, 2.75) is 50.4 Å². The van der Waals surface area contributed by atoms with Gasteiger partial charge in [-0.05, 0) is 53.8 Å². The van der Waals surface area contributed by atoms with Crippen LogP contribution in [0.1, 0.15) is 38.2 Å². The van der Waals surface area contributed by atoms with Gasteiger partial charge in [-0.15, -0.1) is 5.10 Å². The second-order valence-electron chi connectivity index (χ2n) is 6.40. The Hall–Kier alpha value is -2.09. The van der Waals surface area contributed by atoms with Gasteiger partial charge in [0.25, 0.3) is 0 Å². The zero-order valence-corrected chi connectivity index (χ0v) is 16.1. The topological polar surface area (TPSA) is 73.1 Å². The number of amides is 1. The van der Waals surface area contributed by atoms with E-state index < -0.39 is 0 Å². The Bertz CT molecular complexity index is 719. The van der Waals surface area contributed by atoms with E-state index in [1.165, 1.54) is 18.2 Å². The molecule has 1 atom stereocenters. The molecular weight excluding hydrogens is 350 g/mol. The van der Waals surface area contributed by atoms with Crippen molar-refractivity contribution in [3.05, 3.63) is 29.8 Å². The molecule has 1 aromatic heterocycles. The number of tetrazole rings is 1. The number of carbonyl (C=O) groups is 1. The van der Waals surface area contributed by atoms with E-state index in [-0.39, 0.29) is 5.91 Å². The lowest BCUT2D eigenvalue weighted by Crippen LogP contribution is -2.44. The summed E-state index contributed by atoms with van der Waals surface area (Å²) in [6.07, 6.45) is 4.45. The molecule has 0 spiro atoms. The molecule has 1 aliphatic rings. The predicted octanol–water partition coefficient (Wildman–Crippen LogP) is 2.61. The minimum atomic E-state index is 0.181. The van der Waals surface area contributed by atoms with Gasteiger partial charge in [-0.25, -0.2) is 4.68 Å². The molecule has 7 nitrogen and oxygen atoms in total. The first-order chi connectivity index (χ1) is 12.7. The van der Waals surface area contributed by atoms with Gasteiger partial charge in [0, 0.05) is 12.6 Å². The third kappa shape index (κ3) is 4.55. The Morgan fingerprint density at radius 2 is 2.12 bits per heavy atom. The lowest BCUT2D eigenvalue weighted by atomic mass is 10.0. The van der Waals surface area contributed by atoms with Crippen LogP contribution < -0.4 is 4.74 Å². The molecule has 26 heavy (non-hydrogen) atoms. The van der Waals surface area contributed by atoms with Crippen LogP contribution in [0.15, 0.2) is 29.4 Å². The van der Waals surface area contributed by atoms with Gasteiger partial charge in [0.2, 0.25) is 11.1 Å². The summed E-state index contributed by atoms with van der Waals surface area (Å²) in [7, 11) is 1.65. The Kier molecular flexibility index (Phi) is 6.49. The molecule has 1 aromatic carbocycles. The molecule has 0 bridgehead atoms. The number of carbonyl (C=O) groups excluding carboxylic acids is 1. The molecule has 140 valence electrons. The van der Waals surface area contributed by atoms with Crippen LogP contribution in [0.4, 0.5) is 0 Å².